The molecule has 0 aliphatic rings. The van der Waals surface area contributed by atoms with Gasteiger partial charge in [-0.05, 0) is 18.7 Å². The van der Waals surface area contributed by atoms with E-state index in [2.05, 4.69) is 13.8 Å². The molecule has 2 atom stereocenters. The van der Waals surface area contributed by atoms with Crippen LogP contribution in [0.15, 0.2) is 0 Å². The summed E-state index contributed by atoms with van der Waals surface area (Å²) in [6.45, 7) is 4.58. The topological polar surface area (TPSA) is 0 Å². The second-order valence-corrected chi connectivity index (χ2v) is 7.26. The van der Waals surface area contributed by atoms with E-state index in [4.69, 9.17) is 0 Å². The standard InChI is InChI=1S/C10H24P2/c1-3-5-6-7-8-9-10-12-11-4-2/h11-12H,3-10H2,1-2H3. The average molecular weight is 206 g/mol. The van der Waals surface area contributed by atoms with Gasteiger partial charge in [-0.2, -0.15) is 0 Å². The van der Waals surface area contributed by atoms with Crippen LogP contribution in [0, 0.1) is 0 Å². The molecule has 0 bridgehead atoms. The second kappa shape index (κ2) is 11.9. The first kappa shape index (κ1) is 12.9. The van der Waals surface area contributed by atoms with Crippen LogP contribution < -0.4 is 0 Å². The van der Waals surface area contributed by atoms with E-state index < -0.39 is 0 Å². The van der Waals surface area contributed by atoms with Crippen molar-refractivity contribution in [2.75, 3.05) is 12.3 Å². The van der Waals surface area contributed by atoms with Gasteiger partial charge in [0.05, 0.1) is 0 Å². The molecule has 0 aromatic rings. The lowest BCUT2D eigenvalue weighted by Gasteiger charge is -2.00. The predicted octanol–water partition coefficient (Wildman–Crippen LogP) is 4.64. The normalized spacial score (nSPS) is 12.5. The highest BCUT2D eigenvalue weighted by atomic mass is 32.0. The molecule has 0 aliphatic heterocycles. The highest BCUT2D eigenvalue weighted by Crippen LogP contribution is 2.36. The molecule has 0 fully saturated rings. The van der Waals surface area contributed by atoms with Crippen molar-refractivity contribution in [2.45, 2.75) is 52.4 Å². The third-order valence-corrected chi connectivity index (χ3v) is 5.72. The summed E-state index contributed by atoms with van der Waals surface area (Å²) >= 11 is 0. The number of hydrogen-bond acceptors (Lipinski definition) is 0. The van der Waals surface area contributed by atoms with Crippen LogP contribution in [0.2, 0.25) is 0 Å². The third-order valence-electron chi connectivity index (χ3n) is 1.96. The highest BCUT2D eigenvalue weighted by molar-refractivity contribution is 8.11. The largest absolute Gasteiger partial charge is 0.0995 e. The van der Waals surface area contributed by atoms with E-state index in [1.165, 1.54) is 67.4 Å². The Morgan fingerprint density at radius 2 is 1.42 bits per heavy atom. The smallest absolute Gasteiger partial charge is 0.0317 e. The molecule has 0 radical (unpaired) electrons. The van der Waals surface area contributed by atoms with Crippen molar-refractivity contribution >= 4 is 16.5 Å². The molecule has 0 saturated heterocycles. The Labute approximate surface area is 81.7 Å². The van der Waals surface area contributed by atoms with Crippen molar-refractivity contribution in [3.05, 3.63) is 0 Å². The van der Waals surface area contributed by atoms with Gasteiger partial charge < -0.3 is 0 Å². The van der Waals surface area contributed by atoms with E-state index in [1.807, 2.05) is 0 Å². The Balaban J connectivity index is 2.73. The van der Waals surface area contributed by atoms with Crippen molar-refractivity contribution in [3.8, 4) is 0 Å². The van der Waals surface area contributed by atoms with Crippen LogP contribution in [0.25, 0.3) is 0 Å². The van der Waals surface area contributed by atoms with Gasteiger partial charge in [0.2, 0.25) is 0 Å². The van der Waals surface area contributed by atoms with E-state index in [1.54, 1.807) is 0 Å². The molecule has 0 aliphatic carbocycles. The molecule has 0 amide bonds. The van der Waals surface area contributed by atoms with Crippen LogP contribution in [-0.2, 0) is 0 Å². The maximum Gasteiger partial charge on any atom is -0.0317 e. The van der Waals surface area contributed by atoms with Crippen LogP contribution in [0.3, 0.4) is 0 Å². The molecule has 0 aromatic carbocycles. The summed E-state index contributed by atoms with van der Waals surface area (Å²) in [6.07, 6.45) is 11.7. The van der Waals surface area contributed by atoms with E-state index in [0.29, 0.717) is 0 Å². The molecule has 0 nitrogen and oxygen atoms in total. The molecule has 0 aromatic heterocycles. The van der Waals surface area contributed by atoms with Crippen molar-refractivity contribution < 1.29 is 0 Å². The summed E-state index contributed by atoms with van der Waals surface area (Å²) in [5.74, 6) is 0. The molecule has 0 spiro atoms. The zero-order valence-electron chi connectivity index (χ0n) is 8.66. The Bertz CT molecular complexity index is 64.2. The lowest BCUT2D eigenvalue weighted by molar-refractivity contribution is 0.627. The molecule has 2 unspecified atom stereocenters. The fraction of sp³-hybridized carbons (Fsp3) is 1.00. The summed E-state index contributed by atoms with van der Waals surface area (Å²) in [5.41, 5.74) is 0. The number of unbranched alkanes of at least 4 members (excludes halogenated alkanes) is 5. The molecule has 12 heavy (non-hydrogen) atoms. The first-order valence-corrected chi connectivity index (χ1v) is 8.79. The van der Waals surface area contributed by atoms with Gasteiger partial charge in [0.1, 0.15) is 0 Å². The number of rotatable bonds is 9. The zero-order chi connectivity index (χ0) is 9.07. The summed E-state index contributed by atoms with van der Waals surface area (Å²) in [6, 6.07) is 0. The van der Waals surface area contributed by atoms with Gasteiger partial charge in [0, 0.05) is 0 Å². The summed E-state index contributed by atoms with van der Waals surface area (Å²) < 4.78 is 0. The monoisotopic (exact) mass is 206 g/mol. The summed E-state index contributed by atoms with van der Waals surface area (Å²) in [4.78, 5) is 0. The Kier molecular flexibility index (Phi) is 12.7. The Morgan fingerprint density at radius 3 is 2.08 bits per heavy atom. The zero-order valence-corrected chi connectivity index (χ0v) is 10.7. The van der Waals surface area contributed by atoms with Crippen LogP contribution in [0.4, 0.5) is 0 Å². The molecular formula is C10H24P2. The molecule has 0 N–H and O–H groups in total. The van der Waals surface area contributed by atoms with Gasteiger partial charge in [-0.3, -0.25) is 0 Å². The number of hydrogen-bond donors (Lipinski definition) is 0. The van der Waals surface area contributed by atoms with E-state index in [9.17, 15) is 0 Å². The van der Waals surface area contributed by atoms with E-state index in [0.717, 1.165) is 0 Å². The molecule has 0 heterocycles. The third kappa shape index (κ3) is 10.9. The van der Waals surface area contributed by atoms with Crippen molar-refractivity contribution in [3.63, 3.8) is 0 Å². The summed E-state index contributed by atoms with van der Waals surface area (Å²) in [7, 11) is 2.53. The fourth-order valence-corrected chi connectivity index (χ4v) is 3.87. The Morgan fingerprint density at radius 1 is 0.750 bits per heavy atom. The second-order valence-electron chi connectivity index (χ2n) is 3.22. The van der Waals surface area contributed by atoms with E-state index >= 15 is 0 Å². The van der Waals surface area contributed by atoms with Crippen LogP contribution in [0.1, 0.15) is 52.4 Å². The fourth-order valence-electron chi connectivity index (χ4n) is 1.21. The van der Waals surface area contributed by atoms with E-state index in [-0.39, 0.29) is 0 Å². The van der Waals surface area contributed by atoms with Crippen LogP contribution in [-0.4, -0.2) is 12.3 Å². The van der Waals surface area contributed by atoms with Crippen LogP contribution >= 0.6 is 16.5 Å². The van der Waals surface area contributed by atoms with Crippen molar-refractivity contribution in [1.82, 2.24) is 0 Å². The van der Waals surface area contributed by atoms with Gasteiger partial charge in [0.15, 0.2) is 0 Å². The van der Waals surface area contributed by atoms with Crippen molar-refractivity contribution in [1.29, 1.82) is 0 Å². The molecule has 0 rings (SSSR count). The minimum Gasteiger partial charge on any atom is -0.0995 e. The quantitative estimate of drug-likeness (QED) is 0.381. The van der Waals surface area contributed by atoms with Crippen LogP contribution in [0.5, 0.6) is 0 Å². The first-order chi connectivity index (χ1) is 5.91. The van der Waals surface area contributed by atoms with Gasteiger partial charge in [-0.15, -0.1) is 0 Å². The van der Waals surface area contributed by atoms with Gasteiger partial charge in [-0.25, -0.2) is 0 Å². The highest BCUT2D eigenvalue weighted by Gasteiger charge is 1.89. The lowest BCUT2D eigenvalue weighted by Crippen LogP contribution is -1.79. The molecule has 0 saturated carbocycles. The maximum absolute atomic E-state index is 2.30. The first-order valence-electron chi connectivity index (χ1n) is 5.37. The van der Waals surface area contributed by atoms with Gasteiger partial charge in [-0.1, -0.05) is 62.5 Å². The minimum atomic E-state index is 1.25. The Hall–Kier alpha value is 0.860. The van der Waals surface area contributed by atoms with Gasteiger partial charge >= 0.3 is 0 Å². The van der Waals surface area contributed by atoms with Crippen molar-refractivity contribution in [2.24, 2.45) is 0 Å². The maximum atomic E-state index is 2.30. The molecule has 74 valence electrons. The lowest BCUT2D eigenvalue weighted by atomic mass is 10.1. The molecular weight excluding hydrogens is 182 g/mol. The molecule has 2 heteroatoms. The predicted molar refractivity (Wildman–Crippen MR) is 65.4 cm³/mol. The van der Waals surface area contributed by atoms with Gasteiger partial charge in [0.25, 0.3) is 0 Å². The minimum absolute atomic E-state index is 1.25. The average Bonchev–Trinajstić information content (AvgIpc) is 2.10. The summed E-state index contributed by atoms with van der Waals surface area (Å²) in [5, 5.41) is 0. The SMILES string of the molecule is CCCCCCCCPPCC.